The van der Waals surface area contributed by atoms with Crippen LogP contribution in [0.2, 0.25) is 5.02 Å². The number of halogens is 1. The van der Waals surface area contributed by atoms with Crippen molar-refractivity contribution in [2.75, 3.05) is 24.5 Å². The van der Waals surface area contributed by atoms with Gasteiger partial charge in [0.2, 0.25) is 5.95 Å². The van der Waals surface area contributed by atoms with Crippen LogP contribution in [0.5, 0.6) is 0 Å². The van der Waals surface area contributed by atoms with E-state index < -0.39 is 0 Å². The fourth-order valence-electron chi connectivity index (χ4n) is 5.13. The molecule has 180 valence electrons. The molecule has 6 rings (SSSR count). The third-order valence-corrected chi connectivity index (χ3v) is 8.40. The first-order valence-corrected chi connectivity index (χ1v) is 12.7. The second-order valence-corrected chi connectivity index (χ2v) is 10.5. The fraction of sp³-hybridized carbons (Fsp3) is 0.333. The predicted octanol–water partition coefficient (Wildman–Crippen LogP) is 3.41. The van der Waals surface area contributed by atoms with Gasteiger partial charge in [0.15, 0.2) is 0 Å². The second kappa shape index (κ2) is 8.18. The minimum Gasteiger partial charge on any atom is -0.345 e. The quantitative estimate of drug-likeness (QED) is 0.385. The SMILES string of the molecule is Cc1csc([C@H]2CN(c3nc4[nH]cc(-c5ccc6nn(C)cc6c5Cl)c4c(=O)n3C)C[C@H]2CN)n1. The third kappa shape index (κ3) is 3.47. The maximum Gasteiger partial charge on any atom is 0.264 e. The van der Waals surface area contributed by atoms with Crippen LogP contribution in [0, 0.1) is 12.8 Å². The van der Waals surface area contributed by atoms with Crippen molar-refractivity contribution in [1.29, 1.82) is 0 Å². The molecule has 5 aromatic rings. The van der Waals surface area contributed by atoms with Crippen LogP contribution >= 0.6 is 22.9 Å². The second-order valence-electron chi connectivity index (χ2n) is 9.20. The number of nitrogens with zero attached hydrogens (tertiary/aromatic N) is 6. The monoisotopic (exact) mass is 508 g/mol. The Labute approximate surface area is 210 Å². The number of hydrogen-bond donors (Lipinski definition) is 2. The van der Waals surface area contributed by atoms with E-state index in [9.17, 15) is 4.79 Å². The number of fused-ring (bicyclic) bond motifs is 2. The van der Waals surface area contributed by atoms with Crippen LogP contribution in [-0.2, 0) is 14.1 Å². The van der Waals surface area contributed by atoms with Crippen LogP contribution in [0.3, 0.4) is 0 Å². The van der Waals surface area contributed by atoms with Gasteiger partial charge >= 0.3 is 0 Å². The number of hydrogen-bond acceptors (Lipinski definition) is 7. The van der Waals surface area contributed by atoms with Gasteiger partial charge in [0.05, 0.1) is 20.9 Å². The van der Waals surface area contributed by atoms with Crippen molar-refractivity contribution in [3.05, 3.63) is 56.0 Å². The molecular formula is C24H25ClN8OS. The van der Waals surface area contributed by atoms with Crippen molar-refractivity contribution >= 4 is 50.8 Å². The summed E-state index contributed by atoms with van der Waals surface area (Å²) in [5, 5.41) is 9.50. The van der Waals surface area contributed by atoms with E-state index in [0.717, 1.165) is 45.8 Å². The first-order chi connectivity index (χ1) is 16.9. The zero-order valence-corrected chi connectivity index (χ0v) is 21.2. The highest BCUT2D eigenvalue weighted by Crippen LogP contribution is 2.38. The van der Waals surface area contributed by atoms with E-state index in [1.807, 2.05) is 32.3 Å². The topological polar surface area (TPSA) is 111 Å². The molecule has 1 aromatic carbocycles. The maximum absolute atomic E-state index is 13.6. The van der Waals surface area contributed by atoms with Gasteiger partial charge in [-0.3, -0.25) is 14.0 Å². The molecule has 0 amide bonds. The number of rotatable bonds is 4. The number of aromatic amines is 1. The zero-order valence-electron chi connectivity index (χ0n) is 19.6. The first kappa shape index (κ1) is 22.3. The zero-order chi connectivity index (χ0) is 24.4. The third-order valence-electron chi connectivity index (χ3n) is 6.90. The predicted molar refractivity (Wildman–Crippen MR) is 140 cm³/mol. The Hall–Kier alpha value is -3.21. The van der Waals surface area contributed by atoms with Gasteiger partial charge < -0.3 is 15.6 Å². The minimum atomic E-state index is -0.124. The normalized spacial score (nSPS) is 18.4. The maximum atomic E-state index is 13.6. The van der Waals surface area contributed by atoms with E-state index in [-0.39, 0.29) is 17.4 Å². The number of H-pyrrole nitrogens is 1. The van der Waals surface area contributed by atoms with Crippen LogP contribution in [0.25, 0.3) is 33.1 Å². The number of anilines is 1. The molecule has 1 aliphatic rings. The average Bonchev–Trinajstić information content (AvgIpc) is 3.61. The van der Waals surface area contributed by atoms with E-state index in [0.29, 0.717) is 28.5 Å². The molecule has 9 nitrogen and oxygen atoms in total. The van der Waals surface area contributed by atoms with Crippen LogP contribution in [0.15, 0.2) is 34.7 Å². The van der Waals surface area contributed by atoms with Crippen molar-refractivity contribution < 1.29 is 0 Å². The summed E-state index contributed by atoms with van der Waals surface area (Å²) >= 11 is 8.43. The molecule has 1 fully saturated rings. The van der Waals surface area contributed by atoms with Crippen LogP contribution in [-0.4, -0.2) is 48.9 Å². The lowest BCUT2D eigenvalue weighted by molar-refractivity contribution is 0.529. The molecule has 0 saturated carbocycles. The molecule has 35 heavy (non-hydrogen) atoms. The minimum absolute atomic E-state index is 0.124. The van der Waals surface area contributed by atoms with E-state index in [4.69, 9.17) is 27.3 Å². The van der Waals surface area contributed by atoms with Gasteiger partial charge in [-0.1, -0.05) is 17.7 Å². The summed E-state index contributed by atoms with van der Waals surface area (Å²) in [5.74, 6) is 1.09. The van der Waals surface area contributed by atoms with Crippen molar-refractivity contribution in [1.82, 2.24) is 29.3 Å². The molecule has 0 aliphatic carbocycles. The number of thiazole rings is 1. The standard InChI is InChI=1S/C24H25ClN8OS/c1-12-11-35-22(28-12)16-10-33(8-13(16)6-26)24-29-21-19(23(34)32(24)3)15(7-27-21)14-4-5-18-17(20(14)25)9-31(2)30-18/h4-5,7,9,11,13,16,27H,6,8,10,26H2,1-3H3/t13-,16+/m1/s1. The number of nitrogens with two attached hydrogens (primary N) is 1. The summed E-state index contributed by atoms with van der Waals surface area (Å²) in [6.45, 7) is 4.00. The number of aromatic nitrogens is 6. The Balaban J connectivity index is 1.43. The Morgan fingerprint density at radius 3 is 2.80 bits per heavy atom. The fourth-order valence-corrected chi connectivity index (χ4v) is 6.42. The summed E-state index contributed by atoms with van der Waals surface area (Å²) in [7, 11) is 3.63. The smallest absolute Gasteiger partial charge is 0.264 e. The number of aryl methyl sites for hydroxylation is 2. The number of benzene rings is 1. The van der Waals surface area contributed by atoms with Crippen LogP contribution < -0.4 is 16.2 Å². The van der Waals surface area contributed by atoms with Gasteiger partial charge in [-0.05, 0) is 25.5 Å². The molecule has 0 radical (unpaired) electrons. The lowest BCUT2D eigenvalue weighted by atomic mass is 9.97. The molecular weight excluding hydrogens is 484 g/mol. The molecule has 0 unspecified atom stereocenters. The van der Waals surface area contributed by atoms with Crippen molar-refractivity contribution in [2.45, 2.75) is 12.8 Å². The van der Waals surface area contributed by atoms with Gasteiger partial charge in [-0.2, -0.15) is 10.1 Å². The molecule has 11 heteroatoms. The van der Waals surface area contributed by atoms with Crippen molar-refractivity contribution in [3.8, 4) is 11.1 Å². The van der Waals surface area contributed by atoms with Gasteiger partial charge in [-0.15, -0.1) is 11.3 Å². The molecule has 2 atom stereocenters. The van der Waals surface area contributed by atoms with Gasteiger partial charge in [0.25, 0.3) is 5.56 Å². The van der Waals surface area contributed by atoms with Crippen molar-refractivity contribution in [3.63, 3.8) is 0 Å². The molecule has 1 saturated heterocycles. The Morgan fingerprint density at radius 2 is 2.06 bits per heavy atom. The largest absolute Gasteiger partial charge is 0.345 e. The highest BCUT2D eigenvalue weighted by Gasteiger charge is 2.36. The first-order valence-electron chi connectivity index (χ1n) is 11.4. The summed E-state index contributed by atoms with van der Waals surface area (Å²) in [6.07, 6.45) is 3.69. The summed E-state index contributed by atoms with van der Waals surface area (Å²) < 4.78 is 3.35. The number of nitrogens with one attached hydrogen (secondary N) is 1. The summed E-state index contributed by atoms with van der Waals surface area (Å²) in [6, 6.07) is 3.82. The highest BCUT2D eigenvalue weighted by molar-refractivity contribution is 7.09. The Morgan fingerprint density at radius 1 is 1.23 bits per heavy atom. The molecule has 1 aliphatic heterocycles. The summed E-state index contributed by atoms with van der Waals surface area (Å²) in [5.41, 5.74) is 9.87. The van der Waals surface area contributed by atoms with Crippen LogP contribution in [0.1, 0.15) is 16.6 Å². The molecule has 5 heterocycles. The van der Waals surface area contributed by atoms with E-state index >= 15 is 0 Å². The van der Waals surface area contributed by atoms with Crippen LogP contribution in [0.4, 0.5) is 5.95 Å². The molecule has 0 bridgehead atoms. The average molecular weight is 509 g/mol. The van der Waals surface area contributed by atoms with Gasteiger partial charge in [-0.25, -0.2) is 4.98 Å². The van der Waals surface area contributed by atoms with E-state index in [1.165, 1.54) is 0 Å². The lowest BCUT2D eigenvalue weighted by Gasteiger charge is -2.20. The molecule has 3 N–H and O–H groups in total. The van der Waals surface area contributed by atoms with E-state index in [1.54, 1.807) is 33.8 Å². The van der Waals surface area contributed by atoms with Gasteiger partial charge in [0.1, 0.15) is 5.65 Å². The summed E-state index contributed by atoms with van der Waals surface area (Å²) in [4.78, 5) is 28.6. The molecule has 4 aromatic heterocycles. The Kier molecular flexibility index (Phi) is 5.21. The van der Waals surface area contributed by atoms with E-state index in [2.05, 4.69) is 20.4 Å². The highest BCUT2D eigenvalue weighted by atomic mass is 35.5. The lowest BCUT2D eigenvalue weighted by Crippen LogP contribution is -2.31. The van der Waals surface area contributed by atoms with Crippen molar-refractivity contribution in [2.24, 2.45) is 25.7 Å². The Bertz CT molecular complexity index is 1650. The molecule has 0 spiro atoms. The van der Waals surface area contributed by atoms with Gasteiger partial charge in [0, 0.05) is 73.1 Å².